The number of hydrogen-bond donors (Lipinski definition) is 3. The summed E-state index contributed by atoms with van der Waals surface area (Å²) in [7, 11) is 0. The van der Waals surface area contributed by atoms with Gasteiger partial charge in [-0.2, -0.15) is 5.10 Å². The van der Waals surface area contributed by atoms with Crippen molar-refractivity contribution in [2.75, 3.05) is 25.1 Å². The van der Waals surface area contributed by atoms with Gasteiger partial charge in [-0.3, -0.25) is 14.3 Å². The molecule has 0 saturated carbocycles. The second-order valence-corrected chi connectivity index (χ2v) is 3.96. The molecule has 1 unspecified atom stereocenters. The first-order valence-electron chi connectivity index (χ1n) is 5.58. The average Bonchev–Trinajstić information content (AvgIpc) is 2.76. The summed E-state index contributed by atoms with van der Waals surface area (Å²) in [5.41, 5.74) is 5.56. The Kier molecular flexibility index (Phi) is 3.90. The molecule has 0 bridgehead atoms. The Morgan fingerprint density at radius 2 is 2.50 bits per heavy atom. The molecule has 0 spiro atoms. The van der Waals surface area contributed by atoms with Crippen molar-refractivity contribution in [3.8, 4) is 0 Å². The first kappa shape index (κ1) is 12.5. The van der Waals surface area contributed by atoms with E-state index in [0.717, 1.165) is 0 Å². The van der Waals surface area contributed by atoms with Crippen LogP contribution in [0.25, 0.3) is 0 Å². The van der Waals surface area contributed by atoms with Gasteiger partial charge >= 0.3 is 0 Å². The second kappa shape index (κ2) is 5.61. The lowest BCUT2D eigenvalue weighted by molar-refractivity contribution is -0.121. The first-order valence-corrected chi connectivity index (χ1v) is 5.58. The molecule has 1 aliphatic rings. The molecule has 1 aromatic heterocycles. The van der Waals surface area contributed by atoms with Gasteiger partial charge in [0.15, 0.2) is 0 Å². The van der Waals surface area contributed by atoms with Gasteiger partial charge in [-0.05, 0) is 0 Å². The van der Waals surface area contributed by atoms with E-state index in [9.17, 15) is 9.59 Å². The van der Waals surface area contributed by atoms with Crippen LogP contribution in [-0.4, -0.2) is 47.4 Å². The molecule has 4 N–H and O–H groups in total. The molecular weight excluding hydrogens is 238 g/mol. The summed E-state index contributed by atoms with van der Waals surface area (Å²) in [6.07, 6.45) is 3.01. The van der Waals surface area contributed by atoms with Crippen LogP contribution in [-0.2, 0) is 20.9 Å². The van der Waals surface area contributed by atoms with Crippen LogP contribution in [0, 0.1) is 0 Å². The lowest BCUT2D eigenvalue weighted by Gasteiger charge is -2.22. The zero-order chi connectivity index (χ0) is 13.0. The topological polar surface area (TPSA) is 111 Å². The van der Waals surface area contributed by atoms with Gasteiger partial charge in [0, 0.05) is 12.7 Å². The van der Waals surface area contributed by atoms with Crippen LogP contribution in [0.2, 0.25) is 0 Å². The number of carbonyl (C=O) groups is 2. The number of morpholine rings is 1. The summed E-state index contributed by atoms with van der Waals surface area (Å²) in [6.45, 7) is 1.60. The van der Waals surface area contributed by atoms with Crippen molar-refractivity contribution in [2.24, 2.45) is 5.73 Å². The molecule has 2 heterocycles. The van der Waals surface area contributed by atoms with E-state index in [-0.39, 0.29) is 18.5 Å². The Bertz CT molecular complexity index is 438. The minimum Gasteiger partial charge on any atom is -0.378 e. The lowest BCUT2D eigenvalue weighted by Crippen LogP contribution is -2.48. The molecule has 1 fully saturated rings. The van der Waals surface area contributed by atoms with Crippen LogP contribution >= 0.6 is 0 Å². The van der Waals surface area contributed by atoms with Gasteiger partial charge in [0.25, 0.3) is 0 Å². The quantitative estimate of drug-likeness (QED) is 0.592. The summed E-state index contributed by atoms with van der Waals surface area (Å²) >= 11 is 0. The van der Waals surface area contributed by atoms with Gasteiger partial charge in [-0.25, -0.2) is 0 Å². The molecule has 2 rings (SSSR count). The number of carbonyl (C=O) groups excluding carboxylic acids is 2. The largest absolute Gasteiger partial charge is 0.378 e. The number of nitrogens with zero attached hydrogens (tertiary/aromatic N) is 2. The van der Waals surface area contributed by atoms with Crippen molar-refractivity contribution in [3.63, 3.8) is 0 Å². The van der Waals surface area contributed by atoms with Crippen molar-refractivity contribution in [3.05, 3.63) is 12.4 Å². The Labute approximate surface area is 103 Å². The number of primary amides is 1. The third-order valence-electron chi connectivity index (χ3n) is 2.46. The monoisotopic (exact) mass is 253 g/mol. The van der Waals surface area contributed by atoms with Gasteiger partial charge in [-0.1, -0.05) is 0 Å². The van der Waals surface area contributed by atoms with Gasteiger partial charge in [0.1, 0.15) is 12.6 Å². The van der Waals surface area contributed by atoms with Crippen LogP contribution in [0.15, 0.2) is 12.4 Å². The van der Waals surface area contributed by atoms with E-state index in [1.165, 1.54) is 10.9 Å². The molecule has 8 heteroatoms. The average molecular weight is 253 g/mol. The van der Waals surface area contributed by atoms with E-state index in [0.29, 0.717) is 25.4 Å². The molecule has 0 aliphatic carbocycles. The van der Waals surface area contributed by atoms with Gasteiger partial charge in [0.2, 0.25) is 11.8 Å². The summed E-state index contributed by atoms with van der Waals surface area (Å²) in [6, 6.07) is -0.363. The maximum Gasteiger partial charge on any atom is 0.243 e. The van der Waals surface area contributed by atoms with Crippen molar-refractivity contribution in [1.82, 2.24) is 15.1 Å². The lowest BCUT2D eigenvalue weighted by atomic mass is 10.2. The number of rotatable bonds is 4. The van der Waals surface area contributed by atoms with Gasteiger partial charge < -0.3 is 21.1 Å². The molecular formula is C10H15N5O3. The normalized spacial score (nSPS) is 19.4. The van der Waals surface area contributed by atoms with Crippen LogP contribution in [0.5, 0.6) is 0 Å². The Hall–Kier alpha value is -1.93. The van der Waals surface area contributed by atoms with Gasteiger partial charge in [0.05, 0.1) is 25.1 Å². The Balaban J connectivity index is 1.90. The Morgan fingerprint density at radius 3 is 3.17 bits per heavy atom. The molecule has 18 heavy (non-hydrogen) atoms. The van der Waals surface area contributed by atoms with Crippen LogP contribution < -0.4 is 16.4 Å². The fourth-order valence-corrected chi connectivity index (χ4v) is 1.64. The van der Waals surface area contributed by atoms with Crippen molar-refractivity contribution in [2.45, 2.75) is 12.6 Å². The molecule has 0 aromatic carbocycles. The maximum absolute atomic E-state index is 11.8. The molecule has 98 valence electrons. The van der Waals surface area contributed by atoms with E-state index in [1.807, 2.05) is 0 Å². The number of aromatic nitrogens is 2. The summed E-state index contributed by atoms with van der Waals surface area (Å²) < 4.78 is 6.56. The summed E-state index contributed by atoms with van der Waals surface area (Å²) in [5.74, 6) is -0.674. The van der Waals surface area contributed by atoms with Crippen LogP contribution in [0.3, 0.4) is 0 Å². The third kappa shape index (κ3) is 3.28. The molecule has 8 nitrogen and oxygen atoms in total. The number of anilines is 1. The predicted octanol–water partition coefficient (Wildman–Crippen LogP) is -1.70. The van der Waals surface area contributed by atoms with Gasteiger partial charge in [-0.15, -0.1) is 0 Å². The highest BCUT2D eigenvalue weighted by molar-refractivity contribution is 5.94. The fraction of sp³-hybridized carbons (Fsp3) is 0.500. The van der Waals surface area contributed by atoms with Crippen LogP contribution in [0.4, 0.5) is 5.69 Å². The minimum absolute atomic E-state index is 0.0132. The SMILES string of the molecule is NC(=O)Cn1cc(NC(=O)C2COCCN2)cn1. The highest BCUT2D eigenvalue weighted by Crippen LogP contribution is 2.06. The highest BCUT2D eigenvalue weighted by Gasteiger charge is 2.21. The molecule has 0 radical (unpaired) electrons. The zero-order valence-electron chi connectivity index (χ0n) is 9.76. The smallest absolute Gasteiger partial charge is 0.243 e. The van der Waals surface area contributed by atoms with E-state index >= 15 is 0 Å². The van der Waals surface area contributed by atoms with Crippen LogP contribution in [0.1, 0.15) is 0 Å². The van der Waals surface area contributed by atoms with E-state index < -0.39 is 5.91 Å². The minimum atomic E-state index is -0.488. The predicted molar refractivity (Wildman–Crippen MR) is 62.7 cm³/mol. The summed E-state index contributed by atoms with van der Waals surface area (Å²) in [5, 5.41) is 9.63. The zero-order valence-corrected chi connectivity index (χ0v) is 9.76. The number of ether oxygens (including phenoxy) is 1. The highest BCUT2D eigenvalue weighted by atomic mass is 16.5. The summed E-state index contributed by atoms with van der Waals surface area (Å²) in [4.78, 5) is 22.5. The van der Waals surface area contributed by atoms with E-state index in [4.69, 9.17) is 10.5 Å². The maximum atomic E-state index is 11.8. The Morgan fingerprint density at radius 1 is 1.67 bits per heavy atom. The first-order chi connectivity index (χ1) is 8.65. The number of nitrogens with two attached hydrogens (primary N) is 1. The molecule has 1 saturated heterocycles. The van der Waals surface area contributed by atoms with Crippen molar-refractivity contribution < 1.29 is 14.3 Å². The third-order valence-corrected chi connectivity index (χ3v) is 2.46. The number of nitrogens with one attached hydrogen (secondary N) is 2. The number of hydrogen-bond acceptors (Lipinski definition) is 5. The fourth-order valence-electron chi connectivity index (χ4n) is 1.64. The molecule has 1 atom stereocenters. The number of amides is 2. The molecule has 1 aliphatic heterocycles. The molecule has 1 aromatic rings. The van der Waals surface area contributed by atoms with Crippen molar-refractivity contribution >= 4 is 17.5 Å². The standard InChI is InChI=1S/C10H15N5O3/c11-9(16)5-15-4-7(3-13-15)14-10(17)8-6-18-2-1-12-8/h3-4,8,12H,1-2,5-6H2,(H2,11,16)(H,14,17). The second-order valence-electron chi connectivity index (χ2n) is 3.96. The van der Waals surface area contributed by atoms with Crippen molar-refractivity contribution in [1.29, 1.82) is 0 Å². The van der Waals surface area contributed by atoms with E-state index in [1.54, 1.807) is 6.20 Å². The molecule has 2 amide bonds. The van der Waals surface area contributed by atoms with E-state index in [2.05, 4.69) is 15.7 Å².